The average molecular weight is 455 g/mol. The molecule has 0 bridgehead atoms. The molecule has 5 rings (SSSR count). The van der Waals surface area contributed by atoms with E-state index in [0.29, 0.717) is 27.7 Å². The fraction of sp³-hybridized carbons (Fsp3) is 0.0370. The van der Waals surface area contributed by atoms with Gasteiger partial charge in [0.1, 0.15) is 11.3 Å². The maximum Gasteiger partial charge on any atom is 0.248 e. The highest BCUT2D eigenvalue weighted by molar-refractivity contribution is 6.33. The summed E-state index contributed by atoms with van der Waals surface area (Å²) in [5.74, 6) is 0.899. The van der Waals surface area contributed by atoms with Crippen LogP contribution in [0.15, 0.2) is 89.4 Å². The zero-order chi connectivity index (χ0) is 22.8. The summed E-state index contributed by atoms with van der Waals surface area (Å²) >= 11 is 6.44. The number of oxazole rings is 1. The van der Waals surface area contributed by atoms with E-state index in [0.717, 1.165) is 27.6 Å². The Bertz CT molecular complexity index is 1500. The summed E-state index contributed by atoms with van der Waals surface area (Å²) in [5.41, 5.74) is 3.54. The summed E-state index contributed by atoms with van der Waals surface area (Å²) in [6.07, 6.45) is 3.21. The zero-order valence-corrected chi connectivity index (χ0v) is 18.5. The van der Waals surface area contributed by atoms with Gasteiger partial charge in [0.15, 0.2) is 5.58 Å². The van der Waals surface area contributed by atoms with Crippen molar-refractivity contribution in [3.63, 3.8) is 0 Å². The number of rotatable bonds is 5. The van der Waals surface area contributed by atoms with E-state index in [2.05, 4.69) is 5.32 Å². The number of fused-ring (bicyclic) bond motifs is 3. The molecule has 0 fully saturated rings. The van der Waals surface area contributed by atoms with E-state index in [4.69, 9.17) is 25.7 Å². The highest BCUT2D eigenvalue weighted by Gasteiger charge is 2.15. The van der Waals surface area contributed by atoms with E-state index in [-0.39, 0.29) is 5.91 Å². The molecule has 0 unspecified atom stereocenters. The number of ether oxygens (including phenoxy) is 1. The van der Waals surface area contributed by atoms with Gasteiger partial charge < -0.3 is 14.5 Å². The maximum absolute atomic E-state index is 12.4. The van der Waals surface area contributed by atoms with Gasteiger partial charge in [-0.2, -0.15) is 0 Å². The van der Waals surface area contributed by atoms with Crippen molar-refractivity contribution in [2.24, 2.45) is 0 Å². The first-order valence-electron chi connectivity index (χ1n) is 10.3. The third-order valence-corrected chi connectivity index (χ3v) is 5.62. The summed E-state index contributed by atoms with van der Waals surface area (Å²) in [4.78, 5) is 17.1. The molecule has 0 aliphatic heterocycles. The standard InChI is InChI=1S/C27H19ClN2O3/c1-32-20-11-6-17(7-12-20)8-15-25(31)29-19-10-13-23(28)22(16-19)27-30-26-21-5-3-2-4-18(21)9-14-24(26)33-27/h2-16H,1H3,(H,29,31). The van der Waals surface area contributed by atoms with E-state index in [9.17, 15) is 4.79 Å². The first-order valence-corrected chi connectivity index (χ1v) is 10.7. The van der Waals surface area contributed by atoms with Gasteiger partial charge in [-0.3, -0.25) is 4.79 Å². The number of anilines is 1. The molecule has 0 saturated carbocycles. The minimum Gasteiger partial charge on any atom is -0.497 e. The number of methoxy groups -OCH3 is 1. The molecule has 33 heavy (non-hydrogen) atoms. The molecule has 0 atom stereocenters. The van der Waals surface area contributed by atoms with Gasteiger partial charge in [-0.1, -0.05) is 54.1 Å². The fourth-order valence-corrected chi connectivity index (χ4v) is 3.81. The molecule has 0 saturated heterocycles. The van der Waals surface area contributed by atoms with Crippen LogP contribution >= 0.6 is 11.6 Å². The number of aromatic nitrogens is 1. The van der Waals surface area contributed by atoms with Gasteiger partial charge in [0, 0.05) is 17.1 Å². The van der Waals surface area contributed by atoms with Crippen molar-refractivity contribution >= 4 is 51.1 Å². The lowest BCUT2D eigenvalue weighted by atomic mass is 10.1. The van der Waals surface area contributed by atoms with Crippen LogP contribution in [0.25, 0.3) is 39.4 Å². The van der Waals surface area contributed by atoms with Crippen LogP contribution in [0.1, 0.15) is 5.56 Å². The largest absolute Gasteiger partial charge is 0.497 e. The van der Waals surface area contributed by atoms with Crippen molar-refractivity contribution in [3.05, 3.63) is 95.5 Å². The second-order valence-electron chi connectivity index (χ2n) is 7.44. The Hall–Kier alpha value is -4.09. The van der Waals surface area contributed by atoms with Gasteiger partial charge >= 0.3 is 0 Å². The van der Waals surface area contributed by atoms with Crippen molar-refractivity contribution in [2.75, 3.05) is 12.4 Å². The lowest BCUT2D eigenvalue weighted by Crippen LogP contribution is -2.07. The van der Waals surface area contributed by atoms with Crippen molar-refractivity contribution < 1.29 is 13.9 Å². The molecule has 0 aliphatic rings. The molecule has 6 heteroatoms. The van der Waals surface area contributed by atoms with Gasteiger partial charge in [0.25, 0.3) is 0 Å². The van der Waals surface area contributed by atoms with Crippen LogP contribution in [0.3, 0.4) is 0 Å². The molecule has 1 heterocycles. The van der Waals surface area contributed by atoms with E-state index in [1.54, 1.807) is 31.4 Å². The Morgan fingerprint density at radius 2 is 1.85 bits per heavy atom. The highest BCUT2D eigenvalue weighted by Crippen LogP contribution is 2.34. The number of carbonyl (C=O) groups is 1. The van der Waals surface area contributed by atoms with Crippen LogP contribution in [0.4, 0.5) is 5.69 Å². The number of hydrogen-bond acceptors (Lipinski definition) is 4. The lowest BCUT2D eigenvalue weighted by Gasteiger charge is -2.06. The monoisotopic (exact) mass is 454 g/mol. The highest BCUT2D eigenvalue weighted by atomic mass is 35.5. The predicted molar refractivity (Wildman–Crippen MR) is 133 cm³/mol. The van der Waals surface area contributed by atoms with Crippen LogP contribution < -0.4 is 10.1 Å². The summed E-state index contributed by atoms with van der Waals surface area (Å²) < 4.78 is 11.1. The van der Waals surface area contributed by atoms with Crippen LogP contribution in [-0.2, 0) is 4.79 Å². The molecule has 0 radical (unpaired) electrons. The molecule has 4 aromatic carbocycles. The van der Waals surface area contributed by atoms with Gasteiger partial charge in [-0.05, 0) is 53.4 Å². The van der Waals surface area contributed by atoms with Crippen molar-refractivity contribution in [1.82, 2.24) is 4.98 Å². The number of hydrogen-bond donors (Lipinski definition) is 1. The van der Waals surface area contributed by atoms with E-state index >= 15 is 0 Å². The zero-order valence-electron chi connectivity index (χ0n) is 17.7. The summed E-state index contributed by atoms with van der Waals surface area (Å²) in [6, 6.07) is 24.5. The Kier molecular flexibility index (Phi) is 5.55. The molecule has 5 aromatic rings. The Balaban J connectivity index is 1.40. The number of carbonyl (C=O) groups excluding carboxylic acids is 1. The molecule has 1 aromatic heterocycles. The third kappa shape index (κ3) is 4.31. The molecule has 1 N–H and O–H groups in total. The van der Waals surface area contributed by atoms with E-state index in [1.165, 1.54) is 6.08 Å². The summed E-state index contributed by atoms with van der Waals surface area (Å²) in [5, 5.41) is 5.43. The Labute approximate surface area is 195 Å². The van der Waals surface area contributed by atoms with Gasteiger partial charge in [0.05, 0.1) is 17.7 Å². The van der Waals surface area contributed by atoms with Crippen molar-refractivity contribution in [2.45, 2.75) is 0 Å². The Morgan fingerprint density at radius 1 is 1.03 bits per heavy atom. The molecular weight excluding hydrogens is 436 g/mol. The Morgan fingerprint density at radius 3 is 2.67 bits per heavy atom. The molecule has 162 valence electrons. The van der Waals surface area contributed by atoms with Gasteiger partial charge in [-0.25, -0.2) is 4.98 Å². The topological polar surface area (TPSA) is 64.4 Å². The molecule has 0 spiro atoms. The minimum absolute atomic E-state index is 0.261. The predicted octanol–water partition coefficient (Wildman–Crippen LogP) is 6.96. The SMILES string of the molecule is COc1ccc(C=CC(=O)Nc2ccc(Cl)c(-c3nc4c(ccc5ccccc54)o3)c2)cc1. The van der Waals surface area contributed by atoms with E-state index < -0.39 is 0 Å². The second-order valence-corrected chi connectivity index (χ2v) is 7.85. The average Bonchev–Trinajstić information content (AvgIpc) is 3.29. The first-order chi connectivity index (χ1) is 16.1. The third-order valence-electron chi connectivity index (χ3n) is 5.29. The number of benzene rings is 4. The molecule has 1 amide bonds. The first kappa shape index (κ1) is 20.8. The normalized spacial score (nSPS) is 11.3. The van der Waals surface area contributed by atoms with Gasteiger partial charge in [0.2, 0.25) is 11.8 Å². The van der Waals surface area contributed by atoms with Gasteiger partial charge in [-0.15, -0.1) is 0 Å². The number of nitrogens with zero attached hydrogens (tertiary/aromatic N) is 1. The lowest BCUT2D eigenvalue weighted by molar-refractivity contribution is -0.111. The molecule has 0 aliphatic carbocycles. The summed E-state index contributed by atoms with van der Waals surface area (Å²) in [7, 11) is 1.61. The van der Waals surface area contributed by atoms with Crippen LogP contribution in [0, 0.1) is 0 Å². The minimum atomic E-state index is -0.261. The maximum atomic E-state index is 12.4. The fourth-order valence-electron chi connectivity index (χ4n) is 3.61. The van der Waals surface area contributed by atoms with Crippen molar-refractivity contribution in [1.29, 1.82) is 0 Å². The van der Waals surface area contributed by atoms with Crippen LogP contribution in [0.2, 0.25) is 5.02 Å². The second kappa shape index (κ2) is 8.81. The summed E-state index contributed by atoms with van der Waals surface area (Å²) in [6.45, 7) is 0. The van der Waals surface area contributed by atoms with Crippen LogP contribution in [0.5, 0.6) is 5.75 Å². The number of nitrogens with one attached hydrogen (secondary N) is 1. The number of amides is 1. The number of halogens is 1. The van der Waals surface area contributed by atoms with Crippen LogP contribution in [-0.4, -0.2) is 18.0 Å². The quantitative estimate of drug-likeness (QED) is 0.291. The van der Waals surface area contributed by atoms with E-state index in [1.807, 2.05) is 60.7 Å². The molecular formula is C27H19ClN2O3. The molecule has 5 nitrogen and oxygen atoms in total. The smallest absolute Gasteiger partial charge is 0.248 e. The van der Waals surface area contributed by atoms with Crippen molar-refractivity contribution in [3.8, 4) is 17.2 Å².